The van der Waals surface area contributed by atoms with Crippen molar-refractivity contribution in [2.24, 2.45) is 11.7 Å². The summed E-state index contributed by atoms with van der Waals surface area (Å²) < 4.78 is 0. The lowest BCUT2D eigenvalue weighted by Crippen LogP contribution is -2.44. The first-order valence-corrected chi connectivity index (χ1v) is 8.11. The van der Waals surface area contributed by atoms with E-state index in [1.807, 2.05) is 11.3 Å². The number of nitrogens with zero attached hydrogens (tertiary/aromatic N) is 1. The predicted molar refractivity (Wildman–Crippen MR) is 79.9 cm³/mol. The van der Waals surface area contributed by atoms with E-state index >= 15 is 0 Å². The Labute approximate surface area is 115 Å². The van der Waals surface area contributed by atoms with Crippen LogP contribution in [0.4, 0.5) is 0 Å². The van der Waals surface area contributed by atoms with Crippen molar-refractivity contribution < 1.29 is 0 Å². The Morgan fingerprint density at radius 2 is 2.22 bits per heavy atom. The van der Waals surface area contributed by atoms with E-state index in [0.717, 1.165) is 6.54 Å². The van der Waals surface area contributed by atoms with Crippen LogP contribution < -0.4 is 5.73 Å². The number of hydrogen-bond acceptors (Lipinski definition) is 3. The van der Waals surface area contributed by atoms with Gasteiger partial charge in [0, 0.05) is 17.0 Å². The van der Waals surface area contributed by atoms with Crippen LogP contribution in [0.1, 0.15) is 49.9 Å². The van der Waals surface area contributed by atoms with E-state index in [0.29, 0.717) is 18.0 Å². The van der Waals surface area contributed by atoms with Crippen molar-refractivity contribution in [1.29, 1.82) is 0 Å². The molecule has 0 saturated heterocycles. The van der Waals surface area contributed by atoms with Crippen LogP contribution in [0.15, 0.2) is 17.5 Å². The second-order valence-electron chi connectivity index (χ2n) is 5.45. The fourth-order valence-electron chi connectivity index (χ4n) is 3.40. The van der Waals surface area contributed by atoms with Crippen molar-refractivity contribution in [3.63, 3.8) is 0 Å². The van der Waals surface area contributed by atoms with Gasteiger partial charge in [-0.2, -0.15) is 0 Å². The van der Waals surface area contributed by atoms with Gasteiger partial charge in [-0.15, -0.1) is 11.3 Å². The van der Waals surface area contributed by atoms with Gasteiger partial charge in [-0.3, -0.25) is 4.90 Å². The van der Waals surface area contributed by atoms with Crippen LogP contribution in [-0.2, 0) is 0 Å². The van der Waals surface area contributed by atoms with Crippen LogP contribution >= 0.6 is 11.3 Å². The maximum atomic E-state index is 5.97. The predicted octanol–water partition coefficient (Wildman–Crippen LogP) is 3.65. The molecule has 102 valence electrons. The normalized spacial score (nSPS) is 26.4. The second kappa shape index (κ2) is 6.69. The first-order valence-electron chi connectivity index (χ1n) is 7.23. The highest BCUT2D eigenvalue weighted by atomic mass is 32.1. The van der Waals surface area contributed by atoms with Gasteiger partial charge in [-0.25, -0.2) is 0 Å². The van der Waals surface area contributed by atoms with Crippen molar-refractivity contribution in [1.82, 2.24) is 4.90 Å². The molecule has 2 N–H and O–H groups in total. The fraction of sp³-hybridized carbons (Fsp3) is 0.733. The molecule has 1 aromatic rings. The average Bonchev–Trinajstić information content (AvgIpc) is 2.93. The quantitative estimate of drug-likeness (QED) is 0.881. The molecule has 1 aliphatic rings. The monoisotopic (exact) mass is 266 g/mol. The molecule has 1 aromatic heterocycles. The lowest BCUT2D eigenvalue weighted by Gasteiger charge is -2.41. The molecule has 0 radical (unpaired) electrons. The van der Waals surface area contributed by atoms with Gasteiger partial charge in [0.25, 0.3) is 0 Å². The smallest absolute Gasteiger partial charge is 0.0438 e. The van der Waals surface area contributed by atoms with Crippen molar-refractivity contribution >= 4 is 11.3 Å². The molecule has 2 nitrogen and oxygen atoms in total. The van der Waals surface area contributed by atoms with Gasteiger partial charge in [0.05, 0.1) is 0 Å². The molecule has 2 rings (SSSR count). The zero-order valence-electron chi connectivity index (χ0n) is 11.6. The van der Waals surface area contributed by atoms with E-state index in [9.17, 15) is 0 Å². The minimum atomic E-state index is 0.571. The van der Waals surface area contributed by atoms with E-state index < -0.39 is 0 Å². The van der Waals surface area contributed by atoms with Crippen molar-refractivity contribution in [3.05, 3.63) is 22.4 Å². The summed E-state index contributed by atoms with van der Waals surface area (Å²) >= 11 is 1.88. The molecule has 1 saturated carbocycles. The number of thiophene rings is 1. The van der Waals surface area contributed by atoms with Gasteiger partial charge in [0.15, 0.2) is 0 Å². The van der Waals surface area contributed by atoms with Gasteiger partial charge >= 0.3 is 0 Å². The molecule has 3 unspecified atom stereocenters. The zero-order chi connectivity index (χ0) is 13.0. The van der Waals surface area contributed by atoms with Gasteiger partial charge in [0.2, 0.25) is 0 Å². The summed E-state index contributed by atoms with van der Waals surface area (Å²) in [4.78, 5) is 4.10. The highest BCUT2D eigenvalue weighted by Crippen LogP contribution is 2.35. The molecule has 1 fully saturated rings. The molecule has 0 spiro atoms. The second-order valence-corrected chi connectivity index (χ2v) is 6.43. The van der Waals surface area contributed by atoms with Crippen molar-refractivity contribution in [3.8, 4) is 0 Å². The summed E-state index contributed by atoms with van der Waals surface area (Å²) in [5, 5.41) is 2.19. The summed E-state index contributed by atoms with van der Waals surface area (Å²) in [7, 11) is 2.30. The van der Waals surface area contributed by atoms with Crippen molar-refractivity contribution in [2.75, 3.05) is 13.6 Å². The molecular weight excluding hydrogens is 240 g/mol. The standard InChI is InChI=1S/C15H26N2S/c1-3-13(15-9-6-10-18-15)17(2)14-8-5-4-7-12(14)11-16/h6,9-10,12-14H,3-5,7-8,11,16H2,1-2H3. The highest BCUT2D eigenvalue weighted by molar-refractivity contribution is 7.10. The van der Waals surface area contributed by atoms with Crippen LogP contribution in [0.5, 0.6) is 0 Å². The lowest BCUT2D eigenvalue weighted by atomic mass is 9.83. The lowest BCUT2D eigenvalue weighted by molar-refractivity contribution is 0.0910. The molecule has 0 aliphatic heterocycles. The van der Waals surface area contributed by atoms with Crippen LogP contribution in [0.3, 0.4) is 0 Å². The van der Waals surface area contributed by atoms with E-state index in [-0.39, 0.29) is 0 Å². The molecule has 1 aliphatic carbocycles. The fourth-order valence-corrected chi connectivity index (χ4v) is 4.36. The maximum absolute atomic E-state index is 5.97. The summed E-state index contributed by atoms with van der Waals surface area (Å²) in [5.41, 5.74) is 5.97. The topological polar surface area (TPSA) is 29.3 Å². The van der Waals surface area contributed by atoms with Crippen LogP contribution in [0, 0.1) is 5.92 Å². The summed E-state index contributed by atoms with van der Waals surface area (Å²) in [6.07, 6.45) is 6.55. The first kappa shape index (κ1) is 14.0. The minimum Gasteiger partial charge on any atom is -0.330 e. The third kappa shape index (κ3) is 2.95. The molecule has 1 heterocycles. The van der Waals surface area contributed by atoms with Gasteiger partial charge in [-0.1, -0.05) is 25.8 Å². The largest absolute Gasteiger partial charge is 0.330 e. The van der Waals surface area contributed by atoms with E-state index in [1.54, 1.807) is 0 Å². The Morgan fingerprint density at radius 1 is 1.44 bits per heavy atom. The van der Waals surface area contributed by atoms with Crippen molar-refractivity contribution in [2.45, 2.75) is 51.1 Å². The molecule has 0 amide bonds. The van der Waals surface area contributed by atoms with Gasteiger partial charge in [-0.05, 0) is 50.2 Å². The number of rotatable bonds is 5. The Morgan fingerprint density at radius 3 is 2.83 bits per heavy atom. The highest BCUT2D eigenvalue weighted by Gasteiger charge is 2.31. The third-order valence-electron chi connectivity index (χ3n) is 4.44. The van der Waals surface area contributed by atoms with E-state index in [1.165, 1.54) is 37.0 Å². The summed E-state index contributed by atoms with van der Waals surface area (Å²) in [5.74, 6) is 0.692. The Balaban J connectivity index is 2.10. The zero-order valence-corrected chi connectivity index (χ0v) is 12.5. The molecule has 0 bridgehead atoms. The van der Waals surface area contributed by atoms with Gasteiger partial charge < -0.3 is 5.73 Å². The molecule has 3 atom stereocenters. The molecule has 18 heavy (non-hydrogen) atoms. The Bertz CT molecular complexity index is 336. The van der Waals surface area contributed by atoms with Crippen LogP contribution in [0.2, 0.25) is 0 Å². The SMILES string of the molecule is CCC(c1cccs1)N(C)C1CCCCC1CN. The molecular formula is C15H26N2S. The van der Waals surface area contributed by atoms with Crippen LogP contribution in [0.25, 0.3) is 0 Å². The summed E-state index contributed by atoms with van der Waals surface area (Å²) in [6, 6.07) is 5.69. The average molecular weight is 266 g/mol. The number of nitrogens with two attached hydrogens (primary N) is 1. The summed E-state index contributed by atoms with van der Waals surface area (Å²) in [6.45, 7) is 3.14. The Kier molecular flexibility index (Phi) is 5.22. The first-order chi connectivity index (χ1) is 8.77. The third-order valence-corrected chi connectivity index (χ3v) is 5.42. The Hall–Kier alpha value is -0.380. The van der Waals surface area contributed by atoms with Gasteiger partial charge in [0.1, 0.15) is 0 Å². The number of hydrogen-bond donors (Lipinski definition) is 1. The molecule has 3 heteroatoms. The van der Waals surface area contributed by atoms with Crippen LogP contribution in [-0.4, -0.2) is 24.5 Å². The van der Waals surface area contributed by atoms with E-state index in [2.05, 4.69) is 36.4 Å². The van der Waals surface area contributed by atoms with E-state index in [4.69, 9.17) is 5.73 Å². The minimum absolute atomic E-state index is 0.571. The molecule has 0 aromatic carbocycles. The maximum Gasteiger partial charge on any atom is 0.0438 e.